The fourth-order valence-corrected chi connectivity index (χ4v) is 4.45. The van der Waals surface area contributed by atoms with E-state index in [9.17, 15) is 44.7 Å². The van der Waals surface area contributed by atoms with E-state index < -0.39 is 49.4 Å². The van der Waals surface area contributed by atoms with Crippen LogP contribution < -0.4 is 10.6 Å². The lowest BCUT2D eigenvalue weighted by molar-refractivity contribution is -0.144. The van der Waals surface area contributed by atoms with Crippen molar-refractivity contribution in [3.8, 4) is 0 Å². The summed E-state index contributed by atoms with van der Waals surface area (Å²) in [5, 5.41) is 11.9. The predicted molar refractivity (Wildman–Crippen MR) is 138 cm³/mol. The Kier molecular flexibility index (Phi) is 11.1. The van der Waals surface area contributed by atoms with Gasteiger partial charge in [-0.1, -0.05) is 6.07 Å². The first-order valence-corrected chi connectivity index (χ1v) is 13.4. The van der Waals surface area contributed by atoms with Crippen molar-refractivity contribution in [1.29, 1.82) is 0 Å². The molecule has 17 heteroatoms. The molecule has 2 heterocycles. The second-order valence-electron chi connectivity index (χ2n) is 10.2. The largest absolute Gasteiger partial charge is 0.390 e. The Morgan fingerprint density at radius 2 is 1.84 bits per heavy atom. The average molecular weight is 626 g/mol. The number of rotatable bonds is 9. The number of H-pyrrole nitrogens is 1. The summed E-state index contributed by atoms with van der Waals surface area (Å²) in [5.74, 6) is -3.22. The molecule has 1 fully saturated rings. The Balaban J connectivity index is 0.000000285. The second-order valence-corrected chi connectivity index (χ2v) is 10.2. The number of imidazole rings is 1. The topological polar surface area (TPSA) is 118 Å². The van der Waals surface area contributed by atoms with Gasteiger partial charge in [-0.2, -0.15) is 36.2 Å². The molecule has 3 aromatic rings. The van der Waals surface area contributed by atoms with Gasteiger partial charge in [0.1, 0.15) is 5.82 Å². The minimum absolute atomic E-state index is 0.000301. The van der Waals surface area contributed by atoms with E-state index in [-0.39, 0.29) is 37.5 Å². The number of alkyl halides is 8. The number of nitrogens with one attached hydrogen (secondary N) is 3. The first-order valence-electron chi connectivity index (χ1n) is 13.4. The van der Waals surface area contributed by atoms with E-state index in [1.54, 1.807) is 18.2 Å². The van der Waals surface area contributed by atoms with E-state index in [1.165, 1.54) is 7.05 Å². The third-order valence-electron chi connectivity index (χ3n) is 6.54. The Labute approximate surface area is 240 Å². The van der Waals surface area contributed by atoms with Crippen LogP contribution in [0.3, 0.4) is 0 Å². The molecule has 1 aliphatic carbocycles. The first kappa shape index (κ1) is 33.7. The summed E-state index contributed by atoms with van der Waals surface area (Å²) in [6.45, 7) is -0.281. The number of nitrogens with zero attached hydrogens (tertiary/aromatic N) is 4. The molecule has 2 amide bonds. The van der Waals surface area contributed by atoms with Gasteiger partial charge in [0, 0.05) is 39.3 Å². The molecule has 1 unspecified atom stereocenters. The van der Waals surface area contributed by atoms with Crippen molar-refractivity contribution in [2.75, 3.05) is 7.05 Å². The standard InChI is InChI=1S/C19H22F5N3O.C7H9F3N4O/c20-18(21)6-1-2-12(10-18)9-16-26-14-4-3-13(8-15(14)27-16)11-25-17(28)5-7-19(22,23)24;1-11-6(15)5-4-12-14(13-5)3-2-7(8,9)10/h3-4,8,12H,1-2,5-7,9-11H2,(H,25,28)(H,26,27);4H,2-3H2,1H3,(H,11,15). The van der Waals surface area contributed by atoms with Crippen LogP contribution in [0.15, 0.2) is 24.4 Å². The maximum absolute atomic E-state index is 13.6. The van der Waals surface area contributed by atoms with Gasteiger partial charge in [0.15, 0.2) is 5.69 Å². The van der Waals surface area contributed by atoms with E-state index in [2.05, 4.69) is 30.8 Å². The number of carbonyl (C=O) groups is 2. The Hall–Kier alpha value is -3.79. The maximum Gasteiger partial charge on any atom is 0.390 e. The lowest BCUT2D eigenvalue weighted by atomic mass is 9.84. The van der Waals surface area contributed by atoms with Crippen LogP contribution in [0.4, 0.5) is 35.1 Å². The van der Waals surface area contributed by atoms with E-state index in [4.69, 9.17) is 0 Å². The highest BCUT2D eigenvalue weighted by atomic mass is 19.4. The number of amides is 2. The van der Waals surface area contributed by atoms with E-state index in [0.717, 1.165) is 17.4 Å². The molecule has 1 atom stereocenters. The number of benzene rings is 1. The Morgan fingerprint density at radius 3 is 2.49 bits per heavy atom. The van der Waals surface area contributed by atoms with Gasteiger partial charge >= 0.3 is 12.4 Å². The molecule has 4 rings (SSSR count). The van der Waals surface area contributed by atoms with Crippen LogP contribution in [-0.4, -0.2) is 62.1 Å². The molecule has 1 aromatic carbocycles. The summed E-state index contributed by atoms with van der Waals surface area (Å²) >= 11 is 0. The summed E-state index contributed by atoms with van der Waals surface area (Å²) in [4.78, 5) is 30.9. The third-order valence-corrected chi connectivity index (χ3v) is 6.54. The molecular formula is C26H31F8N7O2. The molecule has 43 heavy (non-hydrogen) atoms. The van der Waals surface area contributed by atoms with Crippen molar-refractivity contribution in [1.82, 2.24) is 35.6 Å². The SMILES string of the molecule is CNC(=O)c1cnn(CCC(F)(F)F)n1.O=C(CCC(F)(F)F)NCc1ccc2nc(CC3CCCC(F)(F)C3)[nH]c2c1. The number of hydrogen-bond donors (Lipinski definition) is 3. The zero-order valence-electron chi connectivity index (χ0n) is 23.1. The Morgan fingerprint density at radius 1 is 1.12 bits per heavy atom. The molecule has 0 aliphatic heterocycles. The Bertz CT molecular complexity index is 1370. The zero-order valence-corrected chi connectivity index (χ0v) is 23.1. The monoisotopic (exact) mass is 625 g/mol. The van der Waals surface area contributed by atoms with Crippen molar-refractivity contribution < 1.29 is 44.7 Å². The molecule has 1 aliphatic rings. The minimum Gasteiger partial charge on any atom is -0.354 e. The highest BCUT2D eigenvalue weighted by Gasteiger charge is 2.36. The van der Waals surface area contributed by atoms with Crippen LogP contribution in [-0.2, 0) is 24.3 Å². The molecule has 9 nitrogen and oxygen atoms in total. The maximum atomic E-state index is 13.6. The number of aryl methyl sites for hydroxylation is 1. The summed E-state index contributed by atoms with van der Waals surface area (Å²) in [7, 11) is 1.40. The van der Waals surface area contributed by atoms with Crippen LogP contribution in [0.25, 0.3) is 11.0 Å². The number of fused-ring (bicyclic) bond motifs is 1. The van der Waals surface area contributed by atoms with Gasteiger partial charge in [-0.05, 0) is 36.5 Å². The highest BCUT2D eigenvalue weighted by Crippen LogP contribution is 2.38. The van der Waals surface area contributed by atoms with Gasteiger partial charge in [0.2, 0.25) is 11.8 Å². The van der Waals surface area contributed by atoms with Crippen LogP contribution in [0, 0.1) is 5.92 Å². The van der Waals surface area contributed by atoms with E-state index >= 15 is 0 Å². The summed E-state index contributed by atoms with van der Waals surface area (Å²) in [5.41, 5.74) is 2.11. The quantitative estimate of drug-likeness (QED) is 0.273. The normalized spacial score (nSPS) is 16.8. The van der Waals surface area contributed by atoms with Gasteiger partial charge in [-0.25, -0.2) is 13.8 Å². The molecule has 0 saturated heterocycles. The van der Waals surface area contributed by atoms with Crippen molar-refractivity contribution in [3.05, 3.63) is 41.5 Å². The molecular weight excluding hydrogens is 594 g/mol. The number of carbonyl (C=O) groups excluding carboxylic acids is 2. The minimum atomic E-state index is -4.36. The zero-order chi connectivity index (χ0) is 31.8. The number of hydrogen-bond acceptors (Lipinski definition) is 5. The van der Waals surface area contributed by atoms with E-state index in [1.807, 2.05) is 0 Å². The van der Waals surface area contributed by atoms with Crippen molar-refractivity contribution in [2.24, 2.45) is 5.92 Å². The number of aromatic amines is 1. The molecule has 1 saturated carbocycles. The van der Waals surface area contributed by atoms with Crippen molar-refractivity contribution >= 4 is 22.8 Å². The van der Waals surface area contributed by atoms with Crippen molar-refractivity contribution in [3.63, 3.8) is 0 Å². The third kappa shape index (κ3) is 11.8. The predicted octanol–water partition coefficient (Wildman–Crippen LogP) is 5.48. The molecule has 238 valence electrons. The molecule has 2 aromatic heterocycles. The van der Waals surface area contributed by atoms with Gasteiger partial charge in [-0.15, -0.1) is 5.10 Å². The van der Waals surface area contributed by atoms with Crippen LogP contribution in [0.1, 0.15) is 66.8 Å². The summed E-state index contributed by atoms with van der Waals surface area (Å²) < 4.78 is 99.0. The number of halogens is 8. The lowest BCUT2D eigenvalue weighted by Crippen LogP contribution is -2.27. The fourth-order valence-electron chi connectivity index (χ4n) is 4.45. The highest BCUT2D eigenvalue weighted by molar-refractivity contribution is 5.91. The number of aromatic nitrogens is 5. The van der Waals surface area contributed by atoms with Crippen LogP contribution >= 0.6 is 0 Å². The van der Waals surface area contributed by atoms with Crippen LogP contribution in [0.2, 0.25) is 0 Å². The fraction of sp³-hybridized carbons (Fsp3) is 0.577. The van der Waals surface area contributed by atoms with Gasteiger partial charge in [-0.3, -0.25) is 9.59 Å². The van der Waals surface area contributed by atoms with E-state index in [0.29, 0.717) is 35.3 Å². The lowest BCUT2D eigenvalue weighted by Gasteiger charge is -2.28. The first-order chi connectivity index (χ1) is 20.0. The van der Waals surface area contributed by atoms with Gasteiger partial charge in [0.05, 0.1) is 36.6 Å². The van der Waals surface area contributed by atoms with Crippen LogP contribution in [0.5, 0.6) is 0 Å². The van der Waals surface area contributed by atoms with Crippen molar-refractivity contribution in [2.45, 2.75) is 82.7 Å². The molecule has 0 spiro atoms. The smallest absolute Gasteiger partial charge is 0.354 e. The van der Waals surface area contributed by atoms with Gasteiger partial charge < -0.3 is 15.6 Å². The molecule has 0 bridgehead atoms. The van der Waals surface area contributed by atoms with Gasteiger partial charge in [0.25, 0.3) is 5.91 Å². The summed E-state index contributed by atoms with van der Waals surface area (Å²) in [6.07, 6.45) is -8.73. The summed E-state index contributed by atoms with van der Waals surface area (Å²) in [6, 6.07) is 5.22. The molecule has 3 N–H and O–H groups in total. The molecule has 0 radical (unpaired) electrons. The average Bonchev–Trinajstić information content (AvgIpc) is 3.54. The second kappa shape index (κ2) is 14.1.